The third-order valence-corrected chi connectivity index (χ3v) is 3.04. The Morgan fingerprint density at radius 2 is 1.71 bits per heavy atom. The lowest BCUT2D eigenvalue weighted by Crippen LogP contribution is -2.23. The lowest BCUT2D eigenvalue weighted by atomic mass is 10.1. The molecule has 0 aromatic heterocycles. The third kappa shape index (κ3) is 5.15. The number of carbonyl (C=O) groups is 1. The molecular formula is C15H24N2O4. The molecule has 0 unspecified atom stereocenters. The van der Waals surface area contributed by atoms with Gasteiger partial charge in [0.25, 0.3) is 0 Å². The zero-order chi connectivity index (χ0) is 15.7. The number of ether oxygens (including phenoxy) is 3. The molecule has 0 bridgehead atoms. The fraction of sp³-hybridized carbons (Fsp3) is 0.533. The van der Waals surface area contributed by atoms with E-state index in [1.54, 1.807) is 21.3 Å². The Morgan fingerprint density at radius 1 is 1.10 bits per heavy atom. The van der Waals surface area contributed by atoms with Crippen molar-refractivity contribution in [2.75, 3.05) is 34.9 Å². The van der Waals surface area contributed by atoms with E-state index in [4.69, 9.17) is 14.2 Å². The van der Waals surface area contributed by atoms with Crippen LogP contribution in [0.1, 0.15) is 18.4 Å². The van der Waals surface area contributed by atoms with Crippen LogP contribution in [0.25, 0.3) is 0 Å². The van der Waals surface area contributed by atoms with Gasteiger partial charge in [0, 0.05) is 13.0 Å². The van der Waals surface area contributed by atoms with E-state index < -0.39 is 0 Å². The number of hydrogen-bond donors (Lipinski definition) is 2. The Kier molecular flexibility index (Phi) is 7.39. The average molecular weight is 296 g/mol. The number of amides is 1. The minimum absolute atomic E-state index is 0.0269. The van der Waals surface area contributed by atoms with Crippen molar-refractivity contribution >= 4 is 5.91 Å². The molecule has 6 heteroatoms. The van der Waals surface area contributed by atoms with Gasteiger partial charge in [0.2, 0.25) is 11.7 Å². The van der Waals surface area contributed by atoms with E-state index in [2.05, 4.69) is 10.6 Å². The van der Waals surface area contributed by atoms with Crippen LogP contribution in [0.4, 0.5) is 0 Å². The summed E-state index contributed by atoms with van der Waals surface area (Å²) in [5, 5.41) is 5.89. The van der Waals surface area contributed by atoms with Gasteiger partial charge in [-0.15, -0.1) is 0 Å². The summed E-state index contributed by atoms with van der Waals surface area (Å²) < 4.78 is 15.8. The highest BCUT2D eigenvalue weighted by atomic mass is 16.5. The molecule has 6 nitrogen and oxygen atoms in total. The fourth-order valence-corrected chi connectivity index (χ4v) is 1.95. The van der Waals surface area contributed by atoms with E-state index in [0.29, 0.717) is 30.2 Å². The Labute approximate surface area is 125 Å². The van der Waals surface area contributed by atoms with Gasteiger partial charge in [-0.25, -0.2) is 0 Å². The van der Waals surface area contributed by atoms with Crippen LogP contribution in [-0.2, 0) is 11.3 Å². The molecule has 0 fully saturated rings. The molecule has 1 aromatic carbocycles. The molecule has 0 atom stereocenters. The smallest absolute Gasteiger partial charge is 0.220 e. The van der Waals surface area contributed by atoms with Crippen LogP contribution < -0.4 is 24.8 Å². The van der Waals surface area contributed by atoms with Gasteiger partial charge in [0.15, 0.2) is 11.5 Å². The molecule has 1 amide bonds. The van der Waals surface area contributed by atoms with Crippen LogP contribution in [0.3, 0.4) is 0 Å². The van der Waals surface area contributed by atoms with E-state index >= 15 is 0 Å². The molecule has 0 radical (unpaired) electrons. The quantitative estimate of drug-likeness (QED) is 0.673. The summed E-state index contributed by atoms with van der Waals surface area (Å²) in [4.78, 5) is 11.7. The second kappa shape index (κ2) is 9.07. The summed E-state index contributed by atoms with van der Waals surface area (Å²) in [7, 11) is 6.56. The summed E-state index contributed by atoms with van der Waals surface area (Å²) in [6.07, 6.45) is 1.32. The molecule has 1 rings (SSSR count). The highest BCUT2D eigenvalue weighted by Crippen LogP contribution is 2.38. The van der Waals surface area contributed by atoms with Crippen molar-refractivity contribution in [3.8, 4) is 17.2 Å². The van der Waals surface area contributed by atoms with Crippen molar-refractivity contribution in [2.24, 2.45) is 0 Å². The van der Waals surface area contributed by atoms with E-state index in [1.807, 2.05) is 19.2 Å². The van der Waals surface area contributed by atoms with Crippen molar-refractivity contribution in [2.45, 2.75) is 19.4 Å². The molecule has 0 saturated heterocycles. The molecule has 0 aliphatic rings. The van der Waals surface area contributed by atoms with E-state index in [1.165, 1.54) is 0 Å². The summed E-state index contributed by atoms with van der Waals surface area (Å²) >= 11 is 0. The summed E-state index contributed by atoms with van der Waals surface area (Å²) in [5.41, 5.74) is 0.895. The molecule has 0 aliphatic carbocycles. The van der Waals surface area contributed by atoms with Crippen LogP contribution in [0.5, 0.6) is 17.2 Å². The molecule has 0 saturated carbocycles. The van der Waals surface area contributed by atoms with Crippen molar-refractivity contribution in [1.82, 2.24) is 10.6 Å². The standard InChI is InChI=1S/C15H24N2O4/c1-16-7-5-6-14(18)17-10-11-8-12(19-2)15(21-4)13(9-11)20-3/h8-9,16H,5-7,10H2,1-4H3,(H,17,18). The topological polar surface area (TPSA) is 68.8 Å². The summed E-state index contributed by atoms with van der Waals surface area (Å²) in [6.45, 7) is 1.26. The van der Waals surface area contributed by atoms with Gasteiger partial charge in [-0.3, -0.25) is 4.79 Å². The van der Waals surface area contributed by atoms with Gasteiger partial charge >= 0.3 is 0 Å². The zero-order valence-corrected chi connectivity index (χ0v) is 13.1. The van der Waals surface area contributed by atoms with Crippen molar-refractivity contribution in [3.05, 3.63) is 17.7 Å². The van der Waals surface area contributed by atoms with Gasteiger partial charge in [-0.2, -0.15) is 0 Å². The molecule has 2 N–H and O–H groups in total. The first-order chi connectivity index (χ1) is 10.2. The highest BCUT2D eigenvalue weighted by molar-refractivity contribution is 5.75. The van der Waals surface area contributed by atoms with E-state index in [-0.39, 0.29) is 5.91 Å². The van der Waals surface area contributed by atoms with Crippen LogP contribution in [0, 0.1) is 0 Å². The molecule has 0 heterocycles. The molecule has 1 aromatic rings. The SMILES string of the molecule is CNCCCC(=O)NCc1cc(OC)c(OC)c(OC)c1. The van der Waals surface area contributed by atoms with Crippen LogP contribution in [-0.4, -0.2) is 40.8 Å². The maximum absolute atomic E-state index is 11.7. The van der Waals surface area contributed by atoms with Gasteiger partial charge in [0.1, 0.15) is 0 Å². The Hall–Kier alpha value is -1.95. The van der Waals surface area contributed by atoms with Crippen LogP contribution in [0.15, 0.2) is 12.1 Å². The van der Waals surface area contributed by atoms with Crippen LogP contribution in [0.2, 0.25) is 0 Å². The minimum Gasteiger partial charge on any atom is -0.493 e. The Balaban J connectivity index is 2.69. The lowest BCUT2D eigenvalue weighted by Gasteiger charge is -2.14. The third-order valence-electron chi connectivity index (χ3n) is 3.04. The van der Waals surface area contributed by atoms with Gasteiger partial charge in [-0.1, -0.05) is 0 Å². The molecular weight excluding hydrogens is 272 g/mol. The van der Waals surface area contributed by atoms with E-state index in [0.717, 1.165) is 18.5 Å². The van der Waals surface area contributed by atoms with Crippen LogP contribution >= 0.6 is 0 Å². The predicted molar refractivity (Wildman–Crippen MR) is 81.1 cm³/mol. The lowest BCUT2D eigenvalue weighted by molar-refractivity contribution is -0.121. The average Bonchev–Trinajstić information content (AvgIpc) is 2.51. The first kappa shape index (κ1) is 17.1. The Morgan fingerprint density at radius 3 is 2.19 bits per heavy atom. The zero-order valence-electron chi connectivity index (χ0n) is 13.1. The number of hydrogen-bond acceptors (Lipinski definition) is 5. The summed E-state index contributed by atoms with van der Waals surface area (Å²) in [6, 6.07) is 3.66. The molecule has 0 spiro atoms. The van der Waals surface area contributed by atoms with Gasteiger partial charge in [0.05, 0.1) is 21.3 Å². The number of benzene rings is 1. The van der Waals surface area contributed by atoms with Crippen molar-refractivity contribution in [3.63, 3.8) is 0 Å². The number of carbonyl (C=O) groups excluding carboxylic acids is 1. The predicted octanol–water partition coefficient (Wildman–Crippen LogP) is 1.33. The first-order valence-corrected chi connectivity index (χ1v) is 6.86. The maximum atomic E-state index is 11.7. The largest absolute Gasteiger partial charge is 0.493 e. The monoisotopic (exact) mass is 296 g/mol. The fourth-order valence-electron chi connectivity index (χ4n) is 1.95. The number of rotatable bonds is 9. The number of methoxy groups -OCH3 is 3. The summed E-state index contributed by atoms with van der Waals surface area (Å²) in [5.74, 6) is 1.73. The molecule has 21 heavy (non-hydrogen) atoms. The first-order valence-electron chi connectivity index (χ1n) is 6.86. The normalized spacial score (nSPS) is 10.1. The second-order valence-corrected chi connectivity index (χ2v) is 4.52. The van der Waals surface area contributed by atoms with Crippen molar-refractivity contribution < 1.29 is 19.0 Å². The molecule has 118 valence electrons. The van der Waals surface area contributed by atoms with Crippen molar-refractivity contribution in [1.29, 1.82) is 0 Å². The molecule has 0 aliphatic heterocycles. The minimum atomic E-state index is 0.0269. The maximum Gasteiger partial charge on any atom is 0.220 e. The van der Waals surface area contributed by atoms with E-state index in [9.17, 15) is 4.79 Å². The Bertz CT molecular complexity index is 438. The van der Waals surface area contributed by atoms with Gasteiger partial charge in [-0.05, 0) is 37.7 Å². The van der Waals surface area contributed by atoms with Gasteiger partial charge < -0.3 is 24.8 Å². The highest BCUT2D eigenvalue weighted by Gasteiger charge is 2.13. The second-order valence-electron chi connectivity index (χ2n) is 4.52. The number of nitrogens with one attached hydrogen (secondary N) is 2.